The number of aromatic amines is 1. The molecule has 5 aromatic rings. The standard InChI is InChI=1S/C25H19ClF2N6O4S/c1-12-6-22(38-21-5-3-4-16(27)23(21)28)30-11-20(12)34-25(29)14(10-31-34)24(35)19-8-13-7-15(26)18(9-17(13)32-19)33-39(2,36)37/h3-11,32-33H,29H2,1-2H3. The van der Waals surface area contributed by atoms with Gasteiger partial charge < -0.3 is 15.5 Å². The average molecular weight is 573 g/mol. The minimum absolute atomic E-state index is 0.0178. The fourth-order valence-electron chi connectivity index (χ4n) is 3.90. The average Bonchev–Trinajstić information content (AvgIpc) is 3.44. The molecule has 0 aliphatic rings. The zero-order chi connectivity index (χ0) is 28.1. The van der Waals surface area contributed by atoms with Crippen molar-refractivity contribution < 1.29 is 26.7 Å². The van der Waals surface area contributed by atoms with E-state index in [1.807, 2.05) is 0 Å². The molecular formula is C25H19ClF2N6O4S. The summed E-state index contributed by atoms with van der Waals surface area (Å²) in [5.41, 5.74) is 8.20. The Labute approximate surface area is 225 Å². The third kappa shape index (κ3) is 5.13. The number of fused-ring (bicyclic) bond motifs is 1. The predicted octanol–water partition coefficient (Wildman–Crippen LogP) is 4.97. The zero-order valence-corrected chi connectivity index (χ0v) is 21.9. The summed E-state index contributed by atoms with van der Waals surface area (Å²) in [5, 5.41) is 4.97. The van der Waals surface area contributed by atoms with Crippen molar-refractivity contribution in [3.8, 4) is 17.3 Å². The van der Waals surface area contributed by atoms with Gasteiger partial charge >= 0.3 is 0 Å². The van der Waals surface area contributed by atoms with Crippen molar-refractivity contribution in [3.05, 3.63) is 88.3 Å². The highest BCUT2D eigenvalue weighted by Crippen LogP contribution is 2.31. The molecule has 0 amide bonds. The summed E-state index contributed by atoms with van der Waals surface area (Å²) < 4.78 is 59.6. The molecule has 200 valence electrons. The lowest BCUT2D eigenvalue weighted by atomic mass is 10.1. The molecule has 0 fully saturated rings. The number of nitrogens with two attached hydrogens (primary N) is 1. The molecule has 0 saturated carbocycles. The van der Waals surface area contributed by atoms with Gasteiger partial charge in [0.05, 0.1) is 46.3 Å². The number of ketones is 1. The molecule has 0 unspecified atom stereocenters. The highest BCUT2D eigenvalue weighted by molar-refractivity contribution is 7.92. The molecule has 10 nitrogen and oxygen atoms in total. The minimum Gasteiger partial charge on any atom is -0.436 e. The fraction of sp³-hybridized carbons (Fsp3) is 0.0800. The number of rotatable bonds is 7. The van der Waals surface area contributed by atoms with Crippen LogP contribution in [0.25, 0.3) is 16.6 Å². The lowest BCUT2D eigenvalue weighted by Gasteiger charge is -2.11. The van der Waals surface area contributed by atoms with Crippen molar-refractivity contribution in [1.82, 2.24) is 19.7 Å². The summed E-state index contributed by atoms with van der Waals surface area (Å²) in [6.45, 7) is 1.71. The van der Waals surface area contributed by atoms with Crippen LogP contribution in [0.5, 0.6) is 11.6 Å². The normalized spacial score (nSPS) is 11.6. The van der Waals surface area contributed by atoms with E-state index >= 15 is 0 Å². The van der Waals surface area contributed by atoms with Gasteiger partial charge in [0.15, 0.2) is 11.6 Å². The van der Waals surface area contributed by atoms with Crippen molar-refractivity contribution in [2.45, 2.75) is 6.92 Å². The molecule has 3 heterocycles. The smallest absolute Gasteiger partial charge is 0.229 e. The first-order valence-corrected chi connectivity index (χ1v) is 13.5. The Balaban J connectivity index is 1.43. The summed E-state index contributed by atoms with van der Waals surface area (Å²) in [5.74, 6) is -2.92. The summed E-state index contributed by atoms with van der Waals surface area (Å²) in [6, 6.07) is 9.62. The molecule has 0 atom stereocenters. The Morgan fingerprint density at radius 2 is 1.95 bits per heavy atom. The lowest BCUT2D eigenvalue weighted by Crippen LogP contribution is -2.09. The Hall–Kier alpha value is -4.49. The van der Waals surface area contributed by atoms with E-state index in [1.54, 1.807) is 13.0 Å². The minimum atomic E-state index is -3.56. The summed E-state index contributed by atoms with van der Waals surface area (Å²) in [7, 11) is -3.56. The maximum atomic E-state index is 13.9. The Morgan fingerprint density at radius 3 is 2.67 bits per heavy atom. The van der Waals surface area contributed by atoms with Crippen molar-refractivity contribution in [1.29, 1.82) is 0 Å². The van der Waals surface area contributed by atoms with Crippen LogP contribution in [0.3, 0.4) is 0 Å². The number of ether oxygens (including phenoxy) is 1. The quantitative estimate of drug-likeness (QED) is 0.234. The van der Waals surface area contributed by atoms with Gasteiger partial charge in [0.25, 0.3) is 0 Å². The van der Waals surface area contributed by atoms with Crippen LogP contribution in [0, 0.1) is 18.6 Å². The van der Waals surface area contributed by atoms with Crippen molar-refractivity contribution >= 4 is 49.8 Å². The van der Waals surface area contributed by atoms with Gasteiger partial charge in [-0.05, 0) is 42.8 Å². The maximum Gasteiger partial charge on any atom is 0.229 e. The molecule has 2 aromatic carbocycles. The molecule has 14 heteroatoms. The molecule has 0 aliphatic heterocycles. The topological polar surface area (TPSA) is 145 Å². The third-order valence-corrected chi connectivity index (χ3v) is 6.62. The number of carbonyl (C=O) groups is 1. The van der Waals surface area contributed by atoms with Gasteiger partial charge in [0.2, 0.25) is 27.5 Å². The number of H-pyrrole nitrogens is 1. The number of aromatic nitrogens is 4. The van der Waals surface area contributed by atoms with E-state index in [4.69, 9.17) is 22.1 Å². The number of nitrogens with zero attached hydrogens (tertiary/aromatic N) is 3. The molecule has 5 rings (SSSR count). The number of hydrogen-bond acceptors (Lipinski definition) is 7. The van der Waals surface area contributed by atoms with Crippen molar-refractivity contribution in [2.75, 3.05) is 16.7 Å². The fourth-order valence-corrected chi connectivity index (χ4v) is 4.74. The first-order valence-electron chi connectivity index (χ1n) is 11.2. The first-order chi connectivity index (χ1) is 18.4. The van der Waals surface area contributed by atoms with Crippen LogP contribution in [0.15, 0.2) is 54.9 Å². The number of hydrogen-bond donors (Lipinski definition) is 3. The van der Waals surface area contributed by atoms with Crippen LogP contribution < -0.4 is 15.2 Å². The van der Waals surface area contributed by atoms with Crippen LogP contribution in [-0.2, 0) is 10.0 Å². The number of carbonyl (C=O) groups excluding carboxylic acids is 1. The first kappa shape index (κ1) is 26.1. The Morgan fingerprint density at radius 1 is 1.18 bits per heavy atom. The van der Waals surface area contributed by atoms with Gasteiger partial charge in [-0.2, -0.15) is 9.49 Å². The van der Waals surface area contributed by atoms with Crippen molar-refractivity contribution in [2.24, 2.45) is 0 Å². The number of pyridine rings is 1. The second-order valence-electron chi connectivity index (χ2n) is 8.62. The van der Waals surface area contributed by atoms with E-state index in [0.717, 1.165) is 12.3 Å². The monoisotopic (exact) mass is 572 g/mol. The number of aryl methyl sites for hydroxylation is 1. The summed E-state index contributed by atoms with van der Waals surface area (Å²) in [6.07, 6.45) is 3.68. The molecule has 0 bridgehead atoms. The number of nitrogen functional groups attached to an aromatic ring is 1. The van der Waals surface area contributed by atoms with Crippen LogP contribution in [0.4, 0.5) is 20.3 Å². The van der Waals surface area contributed by atoms with Gasteiger partial charge in [0, 0.05) is 17.0 Å². The van der Waals surface area contributed by atoms with E-state index in [0.29, 0.717) is 22.2 Å². The zero-order valence-electron chi connectivity index (χ0n) is 20.3. The van der Waals surface area contributed by atoms with E-state index in [-0.39, 0.29) is 39.4 Å². The SMILES string of the molecule is Cc1cc(Oc2cccc(F)c2F)ncc1-n1ncc(C(=O)c2cc3cc(Cl)c(NS(C)(=O)=O)cc3[nH]2)c1N. The van der Waals surface area contributed by atoms with E-state index in [9.17, 15) is 22.0 Å². The van der Waals surface area contributed by atoms with Crippen LogP contribution in [-0.4, -0.2) is 40.2 Å². The summed E-state index contributed by atoms with van der Waals surface area (Å²) in [4.78, 5) is 20.3. The Kier molecular flexibility index (Phi) is 6.48. The Bertz CT molecular complexity index is 1890. The highest BCUT2D eigenvalue weighted by Gasteiger charge is 2.21. The number of sulfonamides is 1. The van der Waals surface area contributed by atoms with Crippen molar-refractivity contribution in [3.63, 3.8) is 0 Å². The second kappa shape index (κ2) is 9.67. The molecule has 3 aromatic heterocycles. The van der Waals surface area contributed by atoms with E-state index < -0.39 is 27.4 Å². The van der Waals surface area contributed by atoms with E-state index in [2.05, 4.69) is 19.8 Å². The molecule has 0 saturated heterocycles. The lowest BCUT2D eigenvalue weighted by molar-refractivity contribution is 0.103. The molecule has 0 aliphatic carbocycles. The molecule has 0 spiro atoms. The van der Waals surface area contributed by atoms with Gasteiger partial charge in [-0.25, -0.2) is 22.5 Å². The maximum absolute atomic E-state index is 13.9. The molecule has 0 radical (unpaired) electrons. The second-order valence-corrected chi connectivity index (χ2v) is 10.8. The molecular weight excluding hydrogens is 554 g/mol. The number of nitrogens with one attached hydrogen (secondary N) is 2. The number of benzene rings is 2. The predicted molar refractivity (Wildman–Crippen MR) is 142 cm³/mol. The van der Waals surface area contributed by atoms with E-state index in [1.165, 1.54) is 47.4 Å². The van der Waals surface area contributed by atoms with Gasteiger partial charge in [-0.3, -0.25) is 9.52 Å². The van der Waals surface area contributed by atoms with Crippen LogP contribution in [0.1, 0.15) is 21.6 Å². The van der Waals surface area contributed by atoms with Crippen LogP contribution in [0.2, 0.25) is 5.02 Å². The van der Waals surface area contributed by atoms with Crippen LogP contribution >= 0.6 is 11.6 Å². The van der Waals surface area contributed by atoms with Gasteiger partial charge in [-0.1, -0.05) is 17.7 Å². The third-order valence-electron chi connectivity index (χ3n) is 5.72. The largest absolute Gasteiger partial charge is 0.436 e. The molecule has 4 N–H and O–H groups in total. The van der Waals surface area contributed by atoms with Gasteiger partial charge in [-0.15, -0.1) is 0 Å². The summed E-state index contributed by atoms with van der Waals surface area (Å²) >= 11 is 6.19. The number of halogens is 3. The van der Waals surface area contributed by atoms with Gasteiger partial charge in [0.1, 0.15) is 5.82 Å². The highest BCUT2D eigenvalue weighted by atomic mass is 35.5. The molecule has 39 heavy (non-hydrogen) atoms. The number of anilines is 2.